The zero-order chi connectivity index (χ0) is 15.9. The van der Waals surface area contributed by atoms with Gasteiger partial charge >= 0.3 is 5.97 Å². The molecule has 0 unspecified atom stereocenters. The highest BCUT2D eigenvalue weighted by Crippen LogP contribution is 2.38. The van der Waals surface area contributed by atoms with Crippen LogP contribution in [0.4, 0.5) is 0 Å². The number of methoxy groups -OCH3 is 1. The van der Waals surface area contributed by atoms with Gasteiger partial charge < -0.3 is 9.47 Å². The summed E-state index contributed by atoms with van der Waals surface area (Å²) in [7, 11) is 1.37. The van der Waals surface area contributed by atoms with Crippen molar-refractivity contribution >= 4 is 23.3 Å². The predicted molar refractivity (Wildman–Crippen MR) is 77.6 cm³/mol. The summed E-state index contributed by atoms with van der Waals surface area (Å²) in [5.74, 6) is -1.12. The van der Waals surface area contributed by atoms with E-state index in [1.54, 1.807) is 24.3 Å². The molecule has 22 heavy (non-hydrogen) atoms. The number of hydrogen-bond donors (Lipinski definition) is 0. The Kier molecular flexibility index (Phi) is 3.25. The van der Waals surface area contributed by atoms with Crippen LogP contribution in [-0.4, -0.2) is 24.6 Å². The molecule has 2 aliphatic rings. The number of allylic oxidation sites excluding steroid dienone is 4. The Morgan fingerprint density at radius 3 is 2.32 bits per heavy atom. The summed E-state index contributed by atoms with van der Waals surface area (Å²) in [6.07, 6.45) is 2.95. The minimum absolute atomic E-state index is 0.0678. The fourth-order valence-corrected chi connectivity index (χ4v) is 2.55. The van der Waals surface area contributed by atoms with Gasteiger partial charge in [-0.25, -0.2) is 0 Å². The van der Waals surface area contributed by atoms with Gasteiger partial charge in [0.1, 0.15) is 0 Å². The fraction of sp³-hybridized carbons (Fsp3) is 0.118. The zero-order valence-corrected chi connectivity index (χ0v) is 12.0. The normalized spacial score (nSPS) is 16.5. The first-order chi connectivity index (χ1) is 10.5. The standard InChI is InChI=1S/C17H12O5/c1-9(18)22-17-11-6-4-3-5-10(11)15(19)12-7-8-13(21-2)16(20)14(12)17/h3-8H,1-2H3. The molecule has 0 amide bonds. The molecule has 1 aromatic carbocycles. The summed E-state index contributed by atoms with van der Waals surface area (Å²) in [4.78, 5) is 36.5. The van der Waals surface area contributed by atoms with Crippen LogP contribution in [0.5, 0.6) is 0 Å². The molecule has 5 heteroatoms. The largest absolute Gasteiger partial charge is 0.493 e. The monoisotopic (exact) mass is 296 g/mol. The van der Waals surface area contributed by atoms with Crippen LogP contribution in [0.1, 0.15) is 22.8 Å². The summed E-state index contributed by atoms with van der Waals surface area (Å²) >= 11 is 0. The zero-order valence-electron chi connectivity index (χ0n) is 12.0. The number of ether oxygens (including phenoxy) is 2. The molecule has 0 heterocycles. The van der Waals surface area contributed by atoms with Crippen molar-refractivity contribution in [2.24, 2.45) is 0 Å². The Bertz CT molecular complexity index is 808. The predicted octanol–water partition coefficient (Wildman–Crippen LogP) is 2.20. The maximum Gasteiger partial charge on any atom is 0.308 e. The van der Waals surface area contributed by atoms with Gasteiger partial charge in [-0.3, -0.25) is 14.4 Å². The molecule has 0 aliphatic heterocycles. The van der Waals surface area contributed by atoms with Crippen LogP contribution >= 0.6 is 0 Å². The molecule has 0 bridgehead atoms. The van der Waals surface area contributed by atoms with E-state index >= 15 is 0 Å². The molecule has 3 rings (SSSR count). The van der Waals surface area contributed by atoms with Gasteiger partial charge in [0, 0.05) is 23.6 Å². The molecule has 0 saturated carbocycles. The lowest BCUT2D eigenvalue weighted by atomic mass is 9.81. The Labute approximate surface area is 126 Å². The second-order valence-electron chi connectivity index (χ2n) is 4.82. The van der Waals surface area contributed by atoms with Crippen LogP contribution in [0.25, 0.3) is 5.76 Å². The molecule has 1 aromatic rings. The maximum atomic E-state index is 12.6. The van der Waals surface area contributed by atoms with Crippen molar-refractivity contribution in [1.29, 1.82) is 0 Å². The van der Waals surface area contributed by atoms with E-state index in [2.05, 4.69) is 0 Å². The number of ketones is 2. The van der Waals surface area contributed by atoms with Crippen molar-refractivity contribution in [3.05, 3.63) is 64.4 Å². The number of carbonyl (C=O) groups is 3. The highest BCUT2D eigenvalue weighted by atomic mass is 16.5. The van der Waals surface area contributed by atoms with Crippen LogP contribution in [0.2, 0.25) is 0 Å². The highest BCUT2D eigenvalue weighted by Gasteiger charge is 2.37. The molecule has 0 N–H and O–H groups in total. The van der Waals surface area contributed by atoms with Crippen molar-refractivity contribution in [1.82, 2.24) is 0 Å². The van der Waals surface area contributed by atoms with E-state index in [-0.39, 0.29) is 28.4 Å². The first-order valence-corrected chi connectivity index (χ1v) is 6.62. The van der Waals surface area contributed by atoms with Crippen LogP contribution in [0.15, 0.2) is 53.3 Å². The number of rotatable bonds is 2. The van der Waals surface area contributed by atoms with E-state index < -0.39 is 11.8 Å². The summed E-state index contributed by atoms with van der Waals surface area (Å²) in [5, 5.41) is 0. The fourth-order valence-electron chi connectivity index (χ4n) is 2.55. The second kappa shape index (κ2) is 5.11. The first kappa shape index (κ1) is 14.0. The Hall–Kier alpha value is -2.95. The van der Waals surface area contributed by atoms with Gasteiger partial charge in [0.25, 0.3) is 0 Å². The lowest BCUT2D eigenvalue weighted by Crippen LogP contribution is -2.25. The quantitative estimate of drug-likeness (QED) is 0.782. The third-order valence-corrected chi connectivity index (χ3v) is 3.48. The number of esters is 1. The molecular weight excluding hydrogens is 284 g/mol. The van der Waals surface area contributed by atoms with Gasteiger partial charge in [-0.2, -0.15) is 0 Å². The van der Waals surface area contributed by atoms with Gasteiger partial charge in [-0.05, 0) is 12.2 Å². The number of hydrogen-bond acceptors (Lipinski definition) is 5. The van der Waals surface area contributed by atoms with Gasteiger partial charge in [-0.1, -0.05) is 24.3 Å². The minimum Gasteiger partial charge on any atom is -0.493 e. The van der Waals surface area contributed by atoms with Gasteiger partial charge in [0.2, 0.25) is 5.78 Å². The Morgan fingerprint density at radius 1 is 1.00 bits per heavy atom. The van der Waals surface area contributed by atoms with Crippen molar-refractivity contribution in [3.8, 4) is 0 Å². The number of carbonyl (C=O) groups excluding carboxylic acids is 3. The van der Waals surface area contributed by atoms with E-state index in [9.17, 15) is 14.4 Å². The number of Topliss-reactive ketones (excluding diaryl/α,β-unsaturated/α-hetero) is 2. The maximum absolute atomic E-state index is 12.6. The topological polar surface area (TPSA) is 69.7 Å². The molecule has 0 aromatic heterocycles. The third kappa shape index (κ3) is 1.98. The lowest BCUT2D eigenvalue weighted by molar-refractivity contribution is -0.134. The second-order valence-corrected chi connectivity index (χ2v) is 4.82. The van der Waals surface area contributed by atoms with Crippen molar-refractivity contribution < 1.29 is 23.9 Å². The van der Waals surface area contributed by atoms with Crippen LogP contribution in [-0.2, 0) is 19.1 Å². The average molecular weight is 296 g/mol. The highest BCUT2D eigenvalue weighted by molar-refractivity contribution is 6.29. The number of fused-ring (bicyclic) bond motifs is 2. The summed E-state index contributed by atoms with van der Waals surface area (Å²) in [5.41, 5.74) is 1.11. The van der Waals surface area contributed by atoms with E-state index in [0.29, 0.717) is 11.1 Å². The number of benzene rings is 1. The van der Waals surface area contributed by atoms with E-state index in [4.69, 9.17) is 9.47 Å². The van der Waals surface area contributed by atoms with Crippen molar-refractivity contribution in [2.45, 2.75) is 6.92 Å². The molecule has 2 aliphatic carbocycles. The molecule has 0 radical (unpaired) electrons. The lowest BCUT2D eigenvalue weighted by Gasteiger charge is -2.25. The van der Waals surface area contributed by atoms with Crippen LogP contribution in [0.3, 0.4) is 0 Å². The Morgan fingerprint density at radius 2 is 1.68 bits per heavy atom. The van der Waals surface area contributed by atoms with Crippen LogP contribution in [0, 0.1) is 0 Å². The first-order valence-electron chi connectivity index (χ1n) is 6.62. The van der Waals surface area contributed by atoms with E-state index in [0.717, 1.165) is 0 Å². The molecule has 5 nitrogen and oxygen atoms in total. The van der Waals surface area contributed by atoms with E-state index in [1.807, 2.05) is 0 Å². The van der Waals surface area contributed by atoms with Crippen molar-refractivity contribution in [2.75, 3.05) is 7.11 Å². The molecule has 0 atom stereocenters. The molecule has 0 spiro atoms. The minimum atomic E-state index is -0.563. The SMILES string of the molecule is COC1=CC=C2C(=O)c3ccccc3C(OC(C)=O)=C2C1=O. The molecular formula is C17H12O5. The van der Waals surface area contributed by atoms with E-state index in [1.165, 1.54) is 26.2 Å². The van der Waals surface area contributed by atoms with Crippen molar-refractivity contribution in [3.63, 3.8) is 0 Å². The van der Waals surface area contributed by atoms with Gasteiger partial charge in [0.05, 0.1) is 12.7 Å². The Balaban J connectivity index is 2.32. The molecule has 110 valence electrons. The van der Waals surface area contributed by atoms with Gasteiger partial charge in [0.15, 0.2) is 17.3 Å². The van der Waals surface area contributed by atoms with Gasteiger partial charge in [-0.15, -0.1) is 0 Å². The van der Waals surface area contributed by atoms with Crippen LogP contribution < -0.4 is 0 Å². The summed E-state index contributed by atoms with van der Waals surface area (Å²) < 4.78 is 10.3. The summed E-state index contributed by atoms with van der Waals surface area (Å²) in [6, 6.07) is 6.71. The average Bonchev–Trinajstić information content (AvgIpc) is 2.51. The third-order valence-electron chi connectivity index (χ3n) is 3.48. The molecule has 0 saturated heterocycles. The molecule has 0 fully saturated rings. The smallest absolute Gasteiger partial charge is 0.308 e. The summed E-state index contributed by atoms with van der Waals surface area (Å²) in [6.45, 7) is 1.25.